The molecule has 0 saturated carbocycles. The number of benzene rings is 1. The molecule has 12 heteroatoms. The molecule has 0 bridgehead atoms. The lowest BCUT2D eigenvalue weighted by Gasteiger charge is -2.15. The number of carbonyl (C=O) groups excluding carboxylic acids is 1. The summed E-state index contributed by atoms with van der Waals surface area (Å²) in [6.45, 7) is 1.61. The summed E-state index contributed by atoms with van der Waals surface area (Å²) < 4.78 is 64.8. The molecule has 0 spiro atoms. The van der Waals surface area contributed by atoms with Crippen molar-refractivity contribution in [3.8, 4) is 5.88 Å². The van der Waals surface area contributed by atoms with E-state index < -0.39 is 38.9 Å². The maximum atomic E-state index is 13.3. The van der Waals surface area contributed by atoms with Gasteiger partial charge in [-0.15, -0.1) is 0 Å². The van der Waals surface area contributed by atoms with Gasteiger partial charge in [-0.3, -0.25) is 4.79 Å². The first-order valence-electron chi connectivity index (χ1n) is 8.24. The Morgan fingerprint density at radius 2 is 1.97 bits per heavy atom. The summed E-state index contributed by atoms with van der Waals surface area (Å²) in [5.41, 5.74) is -2.27. The van der Waals surface area contributed by atoms with E-state index in [1.165, 1.54) is 6.92 Å². The van der Waals surface area contributed by atoms with Crippen LogP contribution in [0.5, 0.6) is 5.88 Å². The molecule has 0 unspecified atom stereocenters. The Hall–Kier alpha value is -2.89. The molecule has 0 atom stereocenters. The third kappa shape index (κ3) is 3.59. The Labute approximate surface area is 163 Å². The van der Waals surface area contributed by atoms with Crippen molar-refractivity contribution in [3.63, 3.8) is 0 Å². The van der Waals surface area contributed by atoms with E-state index in [0.717, 1.165) is 25.4 Å². The van der Waals surface area contributed by atoms with E-state index in [1.807, 2.05) is 0 Å². The molecule has 29 heavy (non-hydrogen) atoms. The molecule has 1 aliphatic heterocycles. The van der Waals surface area contributed by atoms with Crippen LogP contribution in [0.3, 0.4) is 0 Å². The number of ketones is 1. The van der Waals surface area contributed by atoms with Gasteiger partial charge in [0.2, 0.25) is 11.7 Å². The van der Waals surface area contributed by atoms with Gasteiger partial charge < -0.3 is 9.94 Å². The lowest BCUT2D eigenvalue weighted by molar-refractivity contribution is -0.141. The SMILES string of the molecule is Cc1c(C(=O)c2c(C(F)(F)F)nn(C)c2O)ccc(S(C)(=O)=O)c1C1=NOCC1. The minimum Gasteiger partial charge on any atom is -0.493 e. The van der Waals surface area contributed by atoms with Crippen molar-refractivity contribution in [2.24, 2.45) is 12.2 Å². The molecule has 2 heterocycles. The first-order valence-corrected chi connectivity index (χ1v) is 10.1. The Morgan fingerprint density at radius 1 is 1.31 bits per heavy atom. The first-order chi connectivity index (χ1) is 13.3. The highest BCUT2D eigenvalue weighted by molar-refractivity contribution is 7.90. The first kappa shape index (κ1) is 20.8. The number of halogens is 3. The van der Waals surface area contributed by atoms with Crippen LogP contribution in [0, 0.1) is 6.92 Å². The minimum absolute atomic E-state index is 0.104. The van der Waals surface area contributed by atoms with Gasteiger partial charge in [0.1, 0.15) is 12.2 Å². The summed E-state index contributed by atoms with van der Waals surface area (Å²) in [4.78, 5) is 17.8. The number of sulfone groups is 1. The molecule has 0 aliphatic carbocycles. The summed E-state index contributed by atoms with van der Waals surface area (Å²) in [7, 11) is -2.66. The second-order valence-electron chi connectivity index (χ2n) is 6.50. The van der Waals surface area contributed by atoms with Gasteiger partial charge in [0.05, 0.1) is 10.6 Å². The van der Waals surface area contributed by atoms with Crippen LogP contribution in [-0.4, -0.2) is 47.7 Å². The Kier molecular flexibility index (Phi) is 4.93. The van der Waals surface area contributed by atoms with Gasteiger partial charge in [0, 0.05) is 30.9 Å². The Morgan fingerprint density at radius 3 is 2.48 bits per heavy atom. The minimum atomic E-state index is -4.98. The van der Waals surface area contributed by atoms with E-state index in [2.05, 4.69) is 10.3 Å². The molecule has 3 rings (SSSR count). The van der Waals surface area contributed by atoms with E-state index in [4.69, 9.17) is 4.84 Å². The summed E-state index contributed by atoms with van der Waals surface area (Å²) in [6.07, 6.45) is -3.73. The smallest absolute Gasteiger partial charge is 0.436 e. The zero-order valence-corrected chi connectivity index (χ0v) is 16.3. The standard InChI is InChI=1S/C17H16F3N3O5S/c1-8-9(14(24)13-15(17(18,19)20)21-23(2)16(13)25)4-5-11(29(3,26)27)12(8)10-6-7-28-22-10/h4-5,25H,6-7H2,1-3H3. The Balaban J connectivity index is 2.27. The van der Waals surface area contributed by atoms with Crippen molar-refractivity contribution >= 4 is 21.3 Å². The number of nitrogens with zero attached hydrogens (tertiary/aromatic N) is 3. The summed E-state index contributed by atoms with van der Waals surface area (Å²) in [5.74, 6) is -2.08. The normalized spacial score (nSPS) is 14.6. The molecule has 8 nitrogen and oxygen atoms in total. The number of rotatable bonds is 4. The lowest BCUT2D eigenvalue weighted by atomic mass is 9.92. The fourth-order valence-electron chi connectivity index (χ4n) is 3.14. The van der Waals surface area contributed by atoms with Gasteiger partial charge in [0.15, 0.2) is 15.5 Å². The van der Waals surface area contributed by atoms with Crippen molar-refractivity contribution in [2.45, 2.75) is 24.4 Å². The molecule has 0 saturated heterocycles. The van der Waals surface area contributed by atoms with Crippen molar-refractivity contribution in [1.29, 1.82) is 0 Å². The van der Waals surface area contributed by atoms with E-state index in [1.54, 1.807) is 0 Å². The average molecular weight is 431 g/mol. The highest BCUT2D eigenvalue weighted by Crippen LogP contribution is 2.37. The van der Waals surface area contributed by atoms with Gasteiger partial charge in [-0.2, -0.15) is 18.3 Å². The van der Waals surface area contributed by atoms with Crippen molar-refractivity contribution in [3.05, 3.63) is 40.1 Å². The monoisotopic (exact) mass is 431 g/mol. The van der Waals surface area contributed by atoms with Crippen LogP contribution in [0.1, 0.15) is 39.2 Å². The molecule has 1 aliphatic rings. The summed E-state index contributed by atoms with van der Waals surface area (Å²) in [5, 5.41) is 17.0. The van der Waals surface area contributed by atoms with Crippen molar-refractivity contribution < 1.29 is 36.3 Å². The van der Waals surface area contributed by atoms with Crippen LogP contribution in [0.15, 0.2) is 22.2 Å². The van der Waals surface area contributed by atoms with Crippen LogP contribution in [0.4, 0.5) is 13.2 Å². The van der Waals surface area contributed by atoms with Crippen molar-refractivity contribution in [2.75, 3.05) is 12.9 Å². The molecule has 0 amide bonds. The van der Waals surface area contributed by atoms with Gasteiger partial charge in [0.25, 0.3) is 0 Å². The van der Waals surface area contributed by atoms with E-state index in [0.29, 0.717) is 4.68 Å². The third-order valence-electron chi connectivity index (χ3n) is 4.48. The van der Waals surface area contributed by atoms with Crippen LogP contribution >= 0.6 is 0 Å². The predicted molar refractivity (Wildman–Crippen MR) is 94.7 cm³/mol. The zero-order valence-electron chi connectivity index (χ0n) is 15.5. The number of oxime groups is 1. The second-order valence-corrected chi connectivity index (χ2v) is 8.49. The van der Waals surface area contributed by atoms with Crippen LogP contribution in [-0.2, 0) is 27.9 Å². The van der Waals surface area contributed by atoms with Crippen LogP contribution in [0.25, 0.3) is 0 Å². The third-order valence-corrected chi connectivity index (χ3v) is 5.62. The number of hydrogen-bond acceptors (Lipinski definition) is 7. The lowest BCUT2D eigenvalue weighted by Crippen LogP contribution is -2.17. The molecule has 2 aromatic rings. The number of alkyl halides is 3. The van der Waals surface area contributed by atoms with E-state index in [-0.39, 0.29) is 40.3 Å². The fraction of sp³-hybridized carbons (Fsp3) is 0.353. The molecule has 1 N–H and O–H groups in total. The molecule has 1 aromatic heterocycles. The maximum Gasteiger partial charge on any atom is 0.436 e. The quantitative estimate of drug-likeness (QED) is 0.744. The number of carbonyl (C=O) groups is 1. The van der Waals surface area contributed by atoms with E-state index >= 15 is 0 Å². The molecule has 1 aromatic carbocycles. The highest BCUT2D eigenvalue weighted by atomic mass is 32.2. The largest absolute Gasteiger partial charge is 0.493 e. The molecule has 0 fully saturated rings. The van der Waals surface area contributed by atoms with Gasteiger partial charge in [-0.05, 0) is 24.6 Å². The highest BCUT2D eigenvalue weighted by Gasteiger charge is 2.42. The van der Waals surface area contributed by atoms with Crippen LogP contribution < -0.4 is 0 Å². The fourth-order valence-corrected chi connectivity index (χ4v) is 4.10. The number of aryl methyl sites for hydroxylation is 1. The molecular weight excluding hydrogens is 415 g/mol. The summed E-state index contributed by atoms with van der Waals surface area (Å²) in [6, 6.07) is 2.24. The van der Waals surface area contributed by atoms with Gasteiger partial charge in [-0.25, -0.2) is 13.1 Å². The zero-order chi connectivity index (χ0) is 21.7. The predicted octanol–water partition coefficient (Wildman–Crippen LogP) is 2.21. The Bertz CT molecular complexity index is 1150. The molecule has 0 radical (unpaired) electrons. The number of aromatic hydroxyl groups is 1. The number of hydrogen-bond donors (Lipinski definition) is 1. The maximum absolute atomic E-state index is 13.3. The second kappa shape index (κ2) is 6.87. The van der Waals surface area contributed by atoms with E-state index in [9.17, 15) is 31.5 Å². The van der Waals surface area contributed by atoms with Gasteiger partial charge >= 0.3 is 6.18 Å². The van der Waals surface area contributed by atoms with Crippen molar-refractivity contribution in [1.82, 2.24) is 9.78 Å². The van der Waals surface area contributed by atoms with Crippen LogP contribution in [0.2, 0.25) is 0 Å². The number of aromatic nitrogens is 2. The summed E-state index contributed by atoms with van der Waals surface area (Å²) >= 11 is 0. The topological polar surface area (TPSA) is 111 Å². The van der Waals surface area contributed by atoms with Gasteiger partial charge in [-0.1, -0.05) is 5.16 Å². The molecular formula is C17H16F3N3O5S. The average Bonchev–Trinajstić information content (AvgIpc) is 3.22. The molecule has 156 valence electrons.